The van der Waals surface area contributed by atoms with Crippen molar-refractivity contribution in [2.24, 2.45) is 5.73 Å². The Hall–Kier alpha value is -1.11. The summed E-state index contributed by atoms with van der Waals surface area (Å²) in [5.74, 6) is -0.256. The number of thiophene rings is 1. The summed E-state index contributed by atoms with van der Waals surface area (Å²) < 4.78 is 0. The van der Waals surface area contributed by atoms with Gasteiger partial charge in [-0.3, -0.25) is 9.59 Å². The predicted octanol–water partition coefficient (Wildman–Crippen LogP) is 1.63. The van der Waals surface area contributed by atoms with Crippen molar-refractivity contribution >= 4 is 35.6 Å². The van der Waals surface area contributed by atoms with Crippen molar-refractivity contribution in [2.45, 2.75) is 31.2 Å². The van der Waals surface area contributed by atoms with Gasteiger partial charge in [0.1, 0.15) is 0 Å². The summed E-state index contributed by atoms with van der Waals surface area (Å²) >= 11 is 1.38. The molecule has 0 aliphatic heterocycles. The smallest absolute Gasteiger partial charge is 0.264 e. The van der Waals surface area contributed by atoms with E-state index >= 15 is 0 Å². The van der Waals surface area contributed by atoms with E-state index < -0.39 is 0 Å². The van der Waals surface area contributed by atoms with Gasteiger partial charge in [0.2, 0.25) is 5.91 Å². The van der Waals surface area contributed by atoms with Gasteiger partial charge in [0.05, 0.1) is 17.0 Å². The summed E-state index contributed by atoms with van der Waals surface area (Å²) in [6.07, 6.45) is 4.05. The van der Waals surface area contributed by atoms with Crippen LogP contribution in [0, 0.1) is 0 Å². The van der Waals surface area contributed by atoms with Crippen LogP contribution in [0.4, 0.5) is 0 Å². The van der Waals surface area contributed by atoms with E-state index in [1.165, 1.54) is 16.2 Å². The lowest BCUT2D eigenvalue weighted by atomic mass is 9.98. The molecule has 5 nitrogen and oxygen atoms in total. The third-order valence-corrected chi connectivity index (χ3v) is 4.67. The second-order valence-electron chi connectivity index (χ2n) is 5.38. The number of nitrogens with zero attached hydrogens (tertiary/aromatic N) is 1. The molecular formula is C14H22ClN3O2S. The van der Waals surface area contributed by atoms with Crippen LogP contribution in [0.5, 0.6) is 0 Å². The molecule has 7 heteroatoms. The summed E-state index contributed by atoms with van der Waals surface area (Å²) in [4.78, 5) is 26.2. The van der Waals surface area contributed by atoms with Gasteiger partial charge >= 0.3 is 0 Å². The van der Waals surface area contributed by atoms with Gasteiger partial charge in [0, 0.05) is 13.6 Å². The Balaban J connectivity index is 0.00000220. The summed E-state index contributed by atoms with van der Waals surface area (Å²) in [5.41, 5.74) is 5.53. The van der Waals surface area contributed by atoms with E-state index in [1.54, 1.807) is 13.1 Å². The van der Waals surface area contributed by atoms with E-state index in [-0.39, 0.29) is 36.3 Å². The highest BCUT2D eigenvalue weighted by Gasteiger charge is 2.34. The molecule has 1 heterocycles. The largest absolute Gasteiger partial charge is 0.348 e. The van der Waals surface area contributed by atoms with Crippen molar-refractivity contribution < 1.29 is 9.59 Å². The lowest BCUT2D eigenvalue weighted by Crippen LogP contribution is -2.54. The Kier molecular flexibility index (Phi) is 6.64. The Morgan fingerprint density at radius 2 is 2.10 bits per heavy atom. The minimum atomic E-state index is -0.260. The number of hydrogen-bond donors (Lipinski definition) is 2. The fourth-order valence-corrected chi connectivity index (χ4v) is 3.36. The van der Waals surface area contributed by atoms with Crippen molar-refractivity contribution in [3.63, 3.8) is 0 Å². The molecule has 0 unspecified atom stereocenters. The highest BCUT2D eigenvalue weighted by Crippen LogP contribution is 2.28. The molecule has 1 aliphatic rings. The number of nitrogens with one attached hydrogen (secondary N) is 1. The summed E-state index contributed by atoms with van der Waals surface area (Å²) in [7, 11) is 1.64. The highest BCUT2D eigenvalue weighted by atomic mass is 35.5. The molecule has 2 rings (SSSR count). The normalized spacial score (nSPS) is 16.1. The molecule has 0 aromatic carbocycles. The second kappa shape index (κ2) is 7.77. The maximum Gasteiger partial charge on any atom is 0.264 e. The van der Waals surface area contributed by atoms with Gasteiger partial charge in [0.15, 0.2) is 0 Å². The SMILES string of the molecule is CN(CC(=O)NC1(CN)CCCC1)C(=O)c1cccs1.Cl. The second-order valence-corrected chi connectivity index (χ2v) is 6.33. The summed E-state index contributed by atoms with van der Waals surface area (Å²) in [6.45, 7) is 0.528. The number of amides is 2. The van der Waals surface area contributed by atoms with Crippen LogP contribution in [-0.2, 0) is 4.79 Å². The first-order valence-electron chi connectivity index (χ1n) is 6.86. The summed E-state index contributed by atoms with van der Waals surface area (Å²) in [5, 5.41) is 4.87. The van der Waals surface area contributed by atoms with Crippen LogP contribution in [0.1, 0.15) is 35.4 Å². The molecular weight excluding hydrogens is 310 g/mol. The molecule has 1 aromatic heterocycles. The van der Waals surface area contributed by atoms with Gasteiger partial charge < -0.3 is 16.0 Å². The topological polar surface area (TPSA) is 75.4 Å². The summed E-state index contributed by atoms with van der Waals surface area (Å²) in [6, 6.07) is 3.59. The minimum Gasteiger partial charge on any atom is -0.348 e. The molecule has 0 atom stereocenters. The van der Waals surface area contributed by atoms with Crippen LogP contribution in [-0.4, -0.2) is 42.4 Å². The molecule has 1 aliphatic carbocycles. The lowest BCUT2D eigenvalue weighted by molar-refractivity contribution is -0.123. The standard InChI is InChI=1S/C14H21N3O2S.ClH/c1-17(13(19)11-5-4-8-20-11)9-12(18)16-14(10-15)6-2-3-7-14;/h4-5,8H,2-3,6-7,9-10,15H2,1H3,(H,16,18);1H. The van der Waals surface area contributed by atoms with E-state index in [0.717, 1.165) is 25.7 Å². The molecule has 3 N–H and O–H groups in total. The Labute approximate surface area is 135 Å². The predicted molar refractivity (Wildman–Crippen MR) is 86.9 cm³/mol. The van der Waals surface area contributed by atoms with Crippen molar-refractivity contribution in [1.29, 1.82) is 0 Å². The number of halogens is 1. The van der Waals surface area contributed by atoms with E-state index in [9.17, 15) is 9.59 Å². The van der Waals surface area contributed by atoms with Crippen LogP contribution in [0.25, 0.3) is 0 Å². The zero-order chi connectivity index (χ0) is 14.6. The van der Waals surface area contributed by atoms with Crippen LogP contribution in [0.2, 0.25) is 0 Å². The van der Waals surface area contributed by atoms with E-state index in [2.05, 4.69) is 5.32 Å². The van der Waals surface area contributed by atoms with Crippen LogP contribution >= 0.6 is 23.7 Å². The average molecular weight is 332 g/mol. The number of hydrogen-bond acceptors (Lipinski definition) is 4. The van der Waals surface area contributed by atoms with Crippen molar-refractivity contribution in [1.82, 2.24) is 10.2 Å². The maximum atomic E-state index is 12.1. The highest BCUT2D eigenvalue weighted by molar-refractivity contribution is 7.12. The molecule has 0 bridgehead atoms. The molecule has 1 aromatic rings. The zero-order valence-electron chi connectivity index (χ0n) is 12.1. The number of nitrogens with two attached hydrogens (primary N) is 1. The Morgan fingerprint density at radius 3 is 2.62 bits per heavy atom. The van der Waals surface area contributed by atoms with Crippen molar-refractivity contribution in [3.8, 4) is 0 Å². The Morgan fingerprint density at radius 1 is 1.43 bits per heavy atom. The van der Waals surface area contributed by atoms with E-state index in [1.807, 2.05) is 11.4 Å². The first-order chi connectivity index (χ1) is 9.56. The number of carbonyl (C=O) groups is 2. The molecule has 1 saturated carbocycles. The first kappa shape index (κ1) is 17.9. The lowest BCUT2D eigenvalue weighted by Gasteiger charge is -2.29. The Bertz CT molecular complexity index is 473. The average Bonchev–Trinajstić information content (AvgIpc) is 3.09. The zero-order valence-corrected chi connectivity index (χ0v) is 13.8. The molecule has 1 fully saturated rings. The number of likely N-dealkylation sites (N-methyl/N-ethyl adjacent to an activating group) is 1. The molecule has 21 heavy (non-hydrogen) atoms. The van der Waals surface area contributed by atoms with Gasteiger partial charge in [-0.2, -0.15) is 0 Å². The van der Waals surface area contributed by atoms with Gasteiger partial charge in [0.25, 0.3) is 5.91 Å². The maximum absolute atomic E-state index is 12.1. The van der Waals surface area contributed by atoms with Crippen molar-refractivity contribution in [3.05, 3.63) is 22.4 Å². The third kappa shape index (κ3) is 4.43. The first-order valence-corrected chi connectivity index (χ1v) is 7.74. The fourth-order valence-electron chi connectivity index (χ4n) is 2.64. The van der Waals surface area contributed by atoms with Gasteiger partial charge in [-0.1, -0.05) is 18.9 Å². The molecule has 0 saturated heterocycles. The quantitative estimate of drug-likeness (QED) is 0.861. The molecule has 0 spiro atoms. The van der Waals surface area contributed by atoms with E-state index in [4.69, 9.17) is 5.73 Å². The van der Waals surface area contributed by atoms with Crippen molar-refractivity contribution in [2.75, 3.05) is 20.1 Å². The van der Waals surface area contributed by atoms with Crippen LogP contribution in [0.15, 0.2) is 17.5 Å². The molecule has 118 valence electrons. The van der Waals surface area contributed by atoms with Crippen LogP contribution < -0.4 is 11.1 Å². The number of carbonyl (C=O) groups excluding carboxylic acids is 2. The molecule has 2 amide bonds. The van der Waals surface area contributed by atoms with Gasteiger partial charge in [-0.05, 0) is 24.3 Å². The van der Waals surface area contributed by atoms with E-state index in [0.29, 0.717) is 11.4 Å². The monoisotopic (exact) mass is 331 g/mol. The van der Waals surface area contributed by atoms with Crippen LogP contribution in [0.3, 0.4) is 0 Å². The van der Waals surface area contributed by atoms with Gasteiger partial charge in [-0.25, -0.2) is 0 Å². The number of rotatable bonds is 5. The fraction of sp³-hybridized carbons (Fsp3) is 0.571. The van der Waals surface area contributed by atoms with Gasteiger partial charge in [-0.15, -0.1) is 23.7 Å². The molecule has 0 radical (unpaired) electrons. The minimum absolute atomic E-state index is 0. The third-order valence-electron chi connectivity index (χ3n) is 3.82.